The summed E-state index contributed by atoms with van der Waals surface area (Å²) < 4.78 is 0. The van der Waals surface area contributed by atoms with Gasteiger partial charge < -0.3 is 16.2 Å². The summed E-state index contributed by atoms with van der Waals surface area (Å²) in [6.45, 7) is 0. The molecule has 0 aromatic rings. The van der Waals surface area contributed by atoms with Gasteiger partial charge in [-0.3, -0.25) is 9.59 Å². The molecular weight excluding hydrogens is 208 g/mol. The van der Waals surface area contributed by atoms with E-state index in [9.17, 15) is 14.4 Å². The Morgan fingerprint density at radius 3 is 2.64 bits per heavy atom. The number of thioether (sulfide) groups is 1. The van der Waals surface area contributed by atoms with Gasteiger partial charge >= 0.3 is 5.97 Å². The Morgan fingerprint density at radius 2 is 2.21 bits per heavy atom. The van der Waals surface area contributed by atoms with E-state index in [-0.39, 0.29) is 12.2 Å². The number of carboxylic acids is 1. The first-order chi connectivity index (χ1) is 6.57. The fourth-order valence-corrected chi connectivity index (χ4v) is 1.63. The predicted molar refractivity (Wildman–Crippen MR) is 51.8 cm³/mol. The van der Waals surface area contributed by atoms with E-state index in [1.807, 2.05) is 0 Å². The summed E-state index contributed by atoms with van der Waals surface area (Å²) in [5.74, 6) is -0.836. The molecule has 6 nitrogen and oxygen atoms in total. The van der Waals surface area contributed by atoms with Crippen molar-refractivity contribution < 1.29 is 19.5 Å². The summed E-state index contributed by atoms with van der Waals surface area (Å²) in [6.07, 6.45) is 0.547. The highest BCUT2D eigenvalue weighted by molar-refractivity contribution is 7.99. The van der Waals surface area contributed by atoms with Crippen LogP contribution in [0.25, 0.3) is 0 Å². The number of hydrogen-bond acceptors (Lipinski definition) is 4. The van der Waals surface area contributed by atoms with E-state index in [0.29, 0.717) is 12.2 Å². The van der Waals surface area contributed by atoms with E-state index < -0.39 is 17.9 Å². The van der Waals surface area contributed by atoms with Gasteiger partial charge in [0.2, 0.25) is 12.3 Å². The minimum absolute atomic E-state index is 0.206. The van der Waals surface area contributed by atoms with Crippen LogP contribution in [0.15, 0.2) is 0 Å². The smallest absolute Gasteiger partial charge is 0.327 e. The number of nitrogens with one attached hydrogen (secondary N) is 1. The zero-order chi connectivity index (χ0) is 11.0. The van der Waals surface area contributed by atoms with Gasteiger partial charge in [-0.1, -0.05) is 0 Å². The number of hydrogen-bond donors (Lipinski definition) is 3. The van der Waals surface area contributed by atoms with Crippen LogP contribution < -0.4 is 11.1 Å². The lowest BCUT2D eigenvalue weighted by molar-refractivity contribution is -0.139. The molecule has 14 heavy (non-hydrogen) atoms. The number of nitrogens with two attached hydrogens (primary N) is 1. The van der Waals surface area contributed by atoms with Crippen molar-refractivity contribution in [2.24, 2.45) is 5.73 Å². The monoisotopic (exact) mass is 220 g/mol. The molecule has 2 amide bonds. The normalized spacial score (nSPS) is 11.7. The Bertz CT molecular complexity index is 222. The summed E-state index contributed by atoms with van der Waals surface area (Å²) in [5.41, 5.74) is 4.89. The number of carboxylic acid groups (broad SMARTS) is 1. The van der Waals surface area contributed by atoms with Crippen molar-refractivity contribution in [2.45, 2.75) is 12.5 Å². The molecule has 0 aliphatic rings. The molecule has 0 aliphatic carbocycles. The molecule has 0 radical (unpaired) electrons. The third-order valence-electron chi connectivity index (χ3n) is 1.34. The second-order valence-electron chi connectivity index (χ2n) is 2.47. The molecular formula is C7H12N2O4S. The zero-order valence-corrected chi connectivity index (χ0v) is 8.25. The lowest BCUT2D eigenvalue weighted by Crippen LogP contribution is -2.37. The Hall–Kier alpha value is -1.24. The number of amides is 2. The van der Waals surface area contributed by atoms with Crippen molar-refractivity contribution in [3.05, 3.63) is 0 Å². The van der Waals surface area contributed by atoms with Crippen LogP contribution in [0.3, 0.4) is 0 Å². The second kappa shape index (κ2) is 7.19. The maximum absolute atomic E-state index is 10.5. The van der Waals surface area contributed by atoms with Crippen molar-refractivity contribution >= 4 is 30.0 Å². The Kier molecular flexibility index (Phi) is 6.55. The molecule has 0 aromatic heterocycles. The van der Waals surface area contributed by atoms with E-state index in [1.165, 1.54) is 11.8 Å². The topological polar surface area (TPSA) is 109 Å². The highest BCUT2D eigenvalue weighted by atomic mass is 32.2. The number of carbonyl (C=O) groups excluding carboxylic acids is 2. The number of carbonyl (C=O) groups is 3. The van der Waals surface area contributed by atoms with Crippen molar-refractivity contribution in [1.82, 2.24) is 5.32 Å². The maximum Gasteiger partial charge on any atom is 0.327 e. The van der Waals surface area contributed by atoms with Crippen molar-refractivity contribution in [1.29, 1.82) is 0 Å². The van der Waals surface area contributed by atoms with Gasteiger partial charge in [0.1, 0.15) is 6.04 Å². The SMILES string of the molecule is NC(=O)CCSCC(NC=O)C(=O)O. The number of aliphatic carboxylic acids is 1. The molecule has 1 atom stereocenters. The number of rotatable bonds is 8. The van der Waals surface area contributed by atoms with Gasteiger partial charge in [-0.25, -0.2) is 4.79 Å². The standard InChI is InChI=1S/C7H12N2O4S/c8-6(11)1-2-14-3-5(7(12)13)9-4-10/h4-5H,1-3H2,(H2,8,11)(H,9,10)(H,12,13). The molecule has 0 aromatic carbocycles. The lowest BCUT2D eigenvalue weighted by atomic mass is 10.3. The van der Waals surface area contributed by atoms with Gasteiger partial charge in [0.05, 0.1) is 0 Å². The summed E-state index contributed by atoms with van der Waals surface area (Å²) in [7, 11) is 0. The molecule has 0 fully saturated rings. The van der Waals surface area contributed by atoms with Gasteiger partial charge in [-0.05, 0) is 0 Å². The van der Waals surface area contributed by atoms with Crippen LogP contribution in [0.4, 0.5) is 0 Å². The van der Waals surface area contributed by atoms with Gasteiger partial charge in [0.25, 0.3) is 0 Å². The average molecular weight is 220 g/mol. The molecule has 0 aliphatic heterocycles. The van der Waals surface area contributed by atoms with Crippen molar-refractivity contribution in [2.75, 3.05) is 11.5 Å². The molecule has 0 bridgehead atoms. The Morgan fingerprint density at radius 1 is 1.57 bits per heavy atom. The van der Waals surface area contributed by atoms with Gasteiger partial charge in [-0.15, -0.1) is 0 Å². The Balaban J connectivity index is 3.66. The molecule has 7 heteroatoms. The molecule has 0 rings (SSSR count). The molecule has 0 saturated carbocycles. The third kappa shape index (κ3) is 6.30. The van der Waals surface area contributed by atoms with Crippen LogP contribution >= 0.6 is 11.8 Å². The van der Waals surface area contributed by atoms with Gasteiger partial charge in [-0.2, -0.15) is 11.8 Å². The fourth-order valence-electron chi connectivity index (χ4n) is 0.647. The summed E-state index contributed by atoms with van der Waals surface area (Å²) in [6, 6.07) is -0.912. The minimum Gasteiger partial charge on any atom is -0.480 e. The average Bonchev–Trinajstić information content (AvgIpc) is 2.09. The van der Waals surface area contributed by atoms with E-state index in [4.69, 9.17) is 10.8 Å². The molecule has 0 saturated heterocycles. The van der Waals surface area contributed by atoms with E-state index in [1.54, 1.807) is 0 Å². The van der Waals surface area contributed by atoms with Crippen molar-refractivity contribution in [3.8, 4) is 0 Å². The third-order valence-corrected chi connectivity index (χ3v) is 2.41. The minimum atomic E-state index is -1.09. The summed E-state index contributed by atoms with van der Waals surface area (Å²) in [5, 5.41) is 10.7. The van der Waals surface area contributed by atoms with Crippen LogP contribution in [0, 0.1) is 0 Å². The predicted octanol–water partition coefficient (Wildman–Crippen LogP) is -1.21. The zero-order valence-electron chi connectivity index (χ0n) is 7.43. The lowest BCUT2D eigenvalue weighted by Gasteiger charge is -2.09. The highest BCUT2D eigenvalue weighted by Crippen LogP contribution is 2.04. The van der Waals surface area contributed by atoms with Crippen molar-refractivity contribution in [3.63, 3.8) is 0 Å². The van der Waals surface area contributed by atoms with Crippen LogP contribution in [0.2, 0.25) is 0 Å². The largest absolute Gasteiger partial charge is 0.480 e. The van der Waals surface area contributed by atoms with Gasteiger partial charge in [0.15, 0.2) is 0 Å². The van der Waals surface area contributed by atoms with E-state index in [0.717, 1.165) is 0 Å². The fraction of sp³-hybridized carbons (Fsp3) is 0.571. The van der Waals surface area contributed by atoms with Crippen LogP contribution in [0.5, 0.6) is 0 Å². The van der Waals surface area contributed by atoms with E-state index in [2.05, 4.69) is 5.32 Å². The second-order valence-corrected chi connectivity index (χ2v) is 3.62. The molecule has 1 unspecified atom stereocenters. The molecule has 0 heterocycles. The molecule has 80 valence electrons. The summed E-state index contributed by atoms with van der Waals surface area (Å²) in [4.78, 5) is 30.8. The van der Waals surface area contributed by atoms with Crippen LogP contribution in [0.1, 0.15) is 6.42 Å². The maximum atomic E-state index is 10.5. The van der Waals surface area contributed by atoms with E-state index >= 15 is 0 Å². The first-order valence-corrected chi connectivity index (χ1v) is 5.02. The molecule has 0 spiro atoms. The quantitative estimate of drug-likeness (QED) is 0.351. The highest BCUT2D eigenvalue weighted by Gasteiger charge is 2.15. The Labute approximate surface area is 85.2 Å². The first-order valence-electron chi connectivity index (χ1n) is 3.86. The summed E-state index contributed by atoms with van der Waals surface area (Å²) >= 11 is 1.25. The number of primary amides is 1. The molecule has 4 N–H and O–H groups in total. The first kappa shape index (κ1) is 12.8. The van der Waals surface area contributed by atoms with Crippen LogP contribution in [-0.2, 0) is 14.4 Å². The van der Waals surface area contributed by atoms with Gasteiger partial charge in [0, 0.05) is 17.9 Å². The van der Waals surface area contributed by atoms with Crippen LogP contribution in [-0.4, -0.2) is 40.9 Å².